The number of sulfonamides is 1. The summed E-state index contributed by atoms with van der Waals surface area (Å²) in [5.74, 6) is 0.0112. The summed E-state index contributed by atoms with van der Waals surface area (Å²) < 4.78 is 32.8. The van der Waals surface area contributed by atoms with E-state index in [0.717, 1.165) is 0 Å². The molecule has 0 radical (unpaired) electrons. The van der Waals surface area contributed by atoms with Gasteiger partial charge in [0.1, 0.15) is 5.75 Å². The molecule has 0 saturated carbocycles. The molecule has 0 aliphatic heterocycles. The minimum absolute atomic E-state index is 0.0715. The zero-order valence-corrected chi connectivity index (χ0v) is 18.5. The molecular formula is C21H17Cl2N3O4S. The van der Waals surface area contributed by atoms with Crippen LogP contribution < -0.4 is 14.9 Å². The molecule has 10 heteroatoms. The van der Waals surface area contributed by atoms with Gasteiger partial charge < -0.3 is 4.74 Å². The van der Waals surface area contributed by atoms with E-state index < -0.39 is 15.9 Å². The van der Waals surface area contributed by atoms with Gasteiger partial charge in [0, 0.05) is 16.8 Å². The van der Waals surface area contributed by atoms with E-state index in [2.05, 4.69) is 15.2 Å². The second kappa shape index (κ2) is 9.82. The number of hydrazone groups is 1. The maximum atomic E-state index is 12.7. The van der Waals surface area contributed by atoms with Crippen LogP contribution >= 0.6 is 23.2 Å². The van der Waals surface area contributed by atoms with Crippen molar-refractivity contribution in [3.8, 4) is 5.75 Å². The molecule has 0 aliphatic rings. The molecule has 0 atom stereocenters. The largest absolute Gasteiger partial charge is 0.497 e. The molecule has 0 fully saturated rings. The summed E-state index contributed by atoms with van der Waals surface area (Å²) >= 11 is 12.0. The normalized spacial score (nSPS) is 11.3. The first-order valence-corrected chi connectivity index (χ1v) is 11.1. The average molecular weight is 478 g/mol. The summed E-state index contributed by atoms with van der Waals surface area (Å²) in [6.45, 7) is 0. The van der Waals surface area contributed by atoms with Crippen LogP contribution in [0.4, 0.5) is 5.69 Å². The highest BCUT2D eigenvalue weighted by Gasteiger charge is 2.16. The summed E-state index contributed by atoms with van der Waals surface area (Å²) in [6, 6.07) is 17.0. The van der Waals surface area contributed by atoms with Crippen LogP contribution in [-0.2, 0) is 10.0 Å². The van der Waals surface area contributed by atoms with E-state index in [4.69, 9.17) is 27.9 Å². The summed E-state index contributed by atoms with van der Waals surface area (Å²) in [7, 11) is -2.39. The van der Waals surface area contributed by atoms with Gasteiger partial charge in [-0.05, 0) is 48.5 Å². The van der Waals surface area contributed by atoms with Gasteiger partial charge in [-0.25, -0.2) is 13.8 Å². The highest BCUT2D eigenvalue weighted by atomic mass is 35.5. The molecule has 1 amide bonds. The number of hydrogen-bond donors (Lipinski definition) is 2. The third-order valence-electron chi connectivity index (χ3n) is 4.10. The molecule has 0 aromatic heterocycles. The van der Waals surface area contributed by atoms with E-state index in [1.807, 2.05) is 0 Å². The minimum atomic E-state index is -3.90. The molecular weight excluding hydrogens is 461 g/mol. The summed E-state index contributed by atoms with van der Waals surface area (Å²) in [4.78, 5) is 12.3. The predicted molar refractivity (Wildman–Crippen MR) is 122 cm³/mol. The van der Waals surface area contributed by atoms with Gasteiger partial charge >= 0.3 is 0 Å². The monoisotopic (exact) mass is 477 g/mol. The molecule has 0 aliphatic carbocycles. The lowest BCUT2D eigenvalue weighted by molar-refractivity contribution is 0.0955. The second-order valence-corrected chi connectivity index (χ2v) is 8.67. The number of methoxy groups -OCH3 is 1. The number of ether oxygens (including phenoxy) is 1. The average Bonchev–Trinajstić information content (AvgIpc) is 2.77. The molecule has 0 spiro atoms. The Bertz CT molecular complexity index is 1230. The molecule has 0 bridgehead atoms. The SMILES string of the molecule is COc1ccc(NS(=O)(=O)c2cccc(C(=O)N/N=C/c3cccc(Cl)c3Cl)c2)cc1. The van der Waals surface area contributed by atoms with Crippen molar-refractivity contribution >= 4 is 51.0 Å². The number of nitrogens with zero attached hydrogens (tertiary/aromatic N) is 1. The molecule has 0 unspecified atom stereocenters. The molecule has 3 aromatic rings. The fourth-order valence-electron chi connectivity index (χ4n) is 2.52. The maximum Gasteiger partial charge on any atom is 0.271 e. The fraction of sp³-hybridized carbons (Fsp3) is 0.0476. The van der Waals surface area contributed by atoms with Crippen LogP contribution in [0.5, 0.6) is 5.75 Å². The minimum Gasteiger partial charge on any atom is -0.497 e. The van der Waals surface area contributed by atoms with Crippen molar-refractivity contribution in [2.45, 2.75) is 4.90 Å². The topological polar surface area (TPSA) is 96.9 Å². The first-order valence-electron chi connectivity index (χ1n) is 8.84. The first-order chi connectivity index (χ1) is 14.8. The number of hydrogen-bond acceptors (Lipinski definition) is 5. The fourth-order valence-corrected chi connectivity index (χ4v) is 3.98. The van der Waals surface area contributed by atoms with Crippen molar-refractivity contribution in [1.82, 2.24) is 5.43 Å². The van der Waals surface area contributed by atoms with Crippen LogP contribution in [0.25, 0.3) is 0 Å². The van der Waals surface area contributed by atoms with Crippen molar-refractivity contribution in [2.75, 3.05) is 11.8 Å². The molecule has 31 heavy (non-hydrogen) atoms. The highest BCUT2D eigenvalue weighted by molar-refractivity contribution is 7.92. The lowest BCUT2D eigenvalue weighted by atomic mass is 10.2. The smallest absolute Gasteiger partial charge is 0.271 e. The van der Waals surface area contributed by atoms with Crippen molar-refractivity contribution in [2.24, 2.45) is 5.10 Å². The van der Waals surface area contributed by atoms with Crippen LogP contribution in [0.3, 0.4) is 0 Å². The van der Waals surface area contributed by atoms with Crippen LogP contribution in [0.15, 0.2) is 76.7 Å². The van der Waals surface area contributed by atoms with Crippen LogP contribution in [0.1, 0.15) is 15.9 Å². The quantitative estimate of drug-likeness (QED) is 0.384. The van der Waals surface area contributed by atoms with Crippen molar-refractivity contribution < 1.29 is 17.9 Å². The van der Waals surface area contributed by atoms with Crippen molar-refractivity contribution in [3.63, 3.8) is 0 Å². The Balaban J connectivity index is 1.73. The number of nitrogens with one attached hydrogen (secondary N) is 2. The zero-order chi connectivity index (χ0) is 22.4. The Labute approximate surface area is 189 Å². The number of halogens is 2. The van der Waals surface area contributed by atoms with Gasteiger partial charge in [0.2, 0.25) is 0 Å². The summed E-state index contributed by atoms with van der Waals surface area (Å²) in [5.41, 5.74) is 3.33. The van der Waals surface area contributed by atoms with Gasteiger partial charge in [0.05, 0.1) is 28.3 Å². The van der Waals surface area contributed by atoms with Gasteiger partial charge in [-0.1, -0.05) is 41.4 Å². The molecule has 2 N–H and O–H groups in total. The molecule has 0 saturated heterocycles. The Morgan fingerprint density at radius 1 is 1.03 bits per heavy atom. The van der Waals surface area contributed by atoms with Gasteiger partial charge in [0.25, 0.3) is 15.9 Å². The number of amides is 1. The second-order valence-electron chi connectivity index (χ2n) is 6.20. The van der Waals surface area contributed by atoms with Crippen LogP contribution in [-0.4, -0.2) is 27.6 Å². The highest BCUT2D eigenvalue weighted by Crippen LogP contribution is 2.24. The number of carbonyl (C=O) groups excluding carboxylic acids is 1. The van der Waals surface area contributed by atoms with E-state index >= 15 is 0 Å². The maximum absolute atomic E-state index is 12.7. The van der Waals surface area contributed by atoms with Gasteiger partial charge in [-0.2, -0.15) is 5.10 Å². The van der Waals surface area contributed by atoms with Crippen LogP contribution in [0, 0.1) is 0 Å². The van der Waals surface area contributed by atoms with E-state index in [-0.39, 0.29) is 10.5 Å². The Morgan fingerprint density at radius 2 is 1.74 bits per heavy atom. The van der Waals surface area contributed by atoms with Crippen molar-refractivity contribution in [3.05, 3.63) is 87.9 Å². The predicted octanol–water partition coefficient (Wildman–Crippen LogP) is 4.57. The number of benzene rings is 3. The van der Waals surface area contributed by atoms with Gasteiger partial charge in [0.15, 0.2) is 0 Å². The van der Waals surface area contributed by atoms with Gasteiger partial charge in [-0.15, -0.1) is 0 Å². The number of anilines is 1. The molecule has 160 valence electrons. The van der Waals surface area contributed by atoms with Crippen LogP contribution in [0.2, 0.25) is 10.0 Å². The lowest BCUT2D eigenvalue weighted by Crippen LogP contribution is -2.19. The number of carbonyl (C=O) groups is 1. The zero-order valence-electron chi connectivity index (χ0n) is 16.2. The van der Waals surface area contributed by atoms with E-state index in [1.165, 1.54) is 37.6 Å². The lowest BCUT2D eigenvalue weighted by Gasteiger charge is -2.10. The third-order valence-corrected chi connectivity index (χ3v) is 6.31. The van der Waals surface area contributed by atoms with E-state index in [9.17, 15) is 13.2 Å². The molecule has 3 rings (SSSR count). The Kier molecular flexibility index (Phi) is 7.17. The van der Waals surface area contributed by atoms with E-state index in [1.54, 1.807) is 42.5 Å². The molecule has 3 aromatic carbocycles. The summed E-state index contributed by atoms with van der Waals surface area (Å²) in [6.07, 6.45) is 1.35. The van der Waals surface area contributed by atoms with Gasteiger partial charge in [-0.3, -0.25) is 9.52 Å². The summed E-state index contributed by atoms with van der Waals surface area (Å²) in [5, 5.41) is 4.52. The Hall–Kier alpha value is -3.07. The van der Waals surface area contributed by atoms with E-state index in [0.29, 0.717) is 27.0 Å². The van der Waals surface area contributed by atoms with Crippen molar-refractivity contribution in [1.29, 1.82) is 0 Å². The molecule has 7 nitrogen and oxygen atoms in total. The molecule has 0 heterocycles. The number of rotatable bonds is 7. The standard InChI is InChI=1S/C21H17Cl2N3O4S/c1-30-17-10-8-16(9-11-17)26-31(28,29)18-6-2-4-14(12-18)21(27)25-24-13-15-5-3-7-19(22)20(15)23/h2-13,26H,1H3,(H,25,27)/b24-13+. The Morgan fingerprint density at radius 3 is 2.45 bits per heavy atom. The third kappa shape index (κ3) is 5.75. The first kappa shape index (κ1) is 22.6.